The molecule has 25 heavy (non-hydrogen) atoms. The van der Waals surface area contributed by atoms with Crippen LogP contribution in [0.5, 0.6) is 0 Å². The molecule has 4 rings (SSSR count). The lowest BCUT2D eigenvalue weighted by Gasteiger charge is -2.54. The zero-order valence-electron chi connectivity index (χ0n) is 16.0. The highest BCUT2D eigenvalue weighted by atomic mass is 16.3. The molecule has 4 atom stereocenters. The molecule has 0 radical (unpaired) electrons. The Bertz CT molecular complexity index is 814. The van der Waals surface area contributed by atoms with E-state index < -0.39 is 0 Å². The van der Waals surface area contributed by atoms with Gasteiger partial charge in [-0.25, -0.2) is 0 Å². The Kier molecular flexibility index (Phi) is 3.88. The summed E-state index contributed by atoms with van der Waals surface area (Å²) >= 11 is 0. The molecular weight excluding hydrogens is 306 g/mol. The van der Waals surface area contributed by atoms with Gasteiger partial charge in [-0.15, -0.1) is 0 Å². The molecule has 1 aromatic heterocycles. The van der Waals surface area contributed by atoms with Crippen molar-refractivity contribution >= 4 is 10.9 Å². The van der Waals surface area contributed by atoms with E-state index >= 15 is 0 Å². The molecule has 0 unspecified atom stereocenters. The maximum atomic E-state index is 10.6. The lowest BCUT2D eigenvalue weighted by Crippen LogP contribution is -2.49. The minimum Gasteiger partial charge on any atom is -0.392 e. The number of aliphatic hydroxyl groups excluding tert-OH is 1. The lowest BCUT2D eigenvalue weighted by molar-refractivity contribution is -0.0109. The van der Waals surface area contributed by atoms with Crippen LogP contribution in [0.3, 0.4) is 0 Å². The van der Waals surface area contributed by atoms with Crippen LogP contribution in [0.1, 0.15) is 52.5 Å². The molecular formula is C23H31NO. The second-order valence-corrected chi connectivity index (χ2v) is 9.21. The molecule has 2 aliphatic rings. The summed E-state index contributed by atoms with van der Waals surface area (Å²) in [5, 5.41) is 11.9. The van der Waals surface area contributed by atoms with E-state index in [2.05, 4.69) is 69.2 Å². The summed E-state index contributed by atoms with van der Waals surface area (Å²) in [6.07, 6.45) is 8.72. The number of hydrogen-bond acceptors (Lipinski definition) is 1. The predicted molar refractivity (Wildman–Crippen MR) is 104 cm³/mol. The average Bonchev–Trinajstić information content (AvgIpc) is 2.98. The van der Waals surface area contributed by atoms with Crippen molar-refractivity contribution in [3.05, 3.63) is 47.7 Å². The molecule has 2 N–H and O–H groups in total. The van der Waals surface area contributed by atoms with Gasteiger partial charge in [0.25, 0.3) is 0 Å². The molecule has 134 valence electrons. The molecule has 1 saturated carbocycles. The standard InChI is InChI=1S/C23H31NO/c1-15-9-10-18-19(11-12-21(25)22(18,2)3)23(15,4)13-16-14-24-20-8-6-5-7-17(16)20/h5-8,10,14-15,19,21,24-25H,9,11-13H2,1-4H3/t15-,19-,21+,23-/m1/s1. The number of aromatic amines is 1. The largest absolute Gasteiger partial charge is 0.392 e. The van der Waals surface area contributed by atoms with Crippen molar-refractivity contribution in [1.82, 2.24) is 4.98 Å². The lowest BCUT2D eigenvalue weighted by atomic mass is 9.51. The molecule has 0 aliphatic heterocycles. The topological polar surface area (TPSA) is 36.0 Å². The Hall–Kier alpha value is -1.54. The van der Waals surface area contributed by atoms with Crippen molar-refractivity contribution < 1.29 is 5.11 Å². The summed E-state index contributed by atoms with van der Waals surface area (Å²) in [6.45, 7) is 9.38. The van der Waals surface area contributed by atoms with E-state index in [0.29, 0.717) is 11.8 Å². The van der Waals surface area contributed by atoms with E-state index in [1.54, 1.807) is 0 Å². The van der Waals surface area contributed by atoms with Crippen LogP contribution in [-0.2, 0) is 6.42 Å². The van der Waals surface area contributed by atoms with Crippen molar-refractivity contribution in [2.45, 2.75) is 59.5 Å². The quantitative estimate of drug-likeness (QED) is 0.699. The Balaban J connectivity index is 1.74. The first-order valence-corrected chi connectivity index (χ1v) is 9.77. The summed E-state index contributed by atoms with van der Waals surface area (Å²) in [5.74, 6) is 1.23. The van der Waals surface area contributed by atoms with Crippen LogP contribution in [0, 0.1) is 22.7 Å². The SMILES string of the molecule is C[C@@H]1CC=C2[C@@H](CC[C@H](O)C2(C)C)[C@]1(C)Cc1c[nH]c2ccccc12. The fourth-order valence-corrected chi connectivity index (χ4v) is 5.47. The second kappa shape index (κ2) is 5.74. The number of benzene rings is 1. The average molecular weight is 338 g/mol. The third-order valence-corrected chi connectivity index (χ3v) is 7.54. The van der Waals surface area contributed by atoms with E-state index in [0.717, 1.165) is 25.7 Å². The van der Waals surface area contributed by atoms with Crippen molar-refractivity contribution in [2.24, 2.45) is 22.7 Å². The number of aliphatic hydroxyl groups is 1. The first-order chi connectivity index (χ1) is 11.8. The highest BCUT2D eigenvalue weighted by Crippen LogP contribution is 2.57. The molecule has 1 heterocycles. The number of aromatic nitrogens is 1. The van der Waals surface area contributed by atoms with Crippen LogP contribution in [0.4, 0.5) is 0 Å². The van der Waals surface area contributed by atoms with Crippen LogP contribution in [0.25, 0.3) is 10.9 Å². The number of hydrogen-bond donors (Lipinski definition) is 2. The van der Waals surface area contributed by atoms with Gasteiger partial charge in [0.05, 0.1) is 6.10 Å². The highest BCUT2D eigenvalue weighted by Gasteiger charge is 2.50. The van der Waals surface area contributed by atoms with E-state index in [1.165, 1.54) is 22.0 Å². The molecule has 2 nitrogen and oxygen atoms in total. The van der Waals surface area contributed by atoms with E-state index in [4.69, 9.17) is 0 Å². The molecule has 2 heteroatoms. The number of para-hydroxylation sites is 1. The monoisotopic (exact) mass is 337 g/mol. The maximum Gasteiger partial charge on any atom is 0.0628 e. The summed E-state index contributed by atoms with van der Waals surface area (Å²) in [7, 11) is 0. The number of H-pyrrole nitrogens is 1. The Morgan fingerprint density at radius 3 is 2.72 bits per heavy atom. The fraction of sp³-hybridized carbons (Fsp3) is 0.565. The third-order valence-electron chi connectivity index (χ3n) is 7.54. The van der Waals surface area contributed by atoms with Gasteiger partial charge in [-0.1, -0.05) is 57.5 Å². The molecule has 0 spiro atoms. The highest BCUT2D eigenvalue weighted by molar-refractivity contribution is 5.83. The molecule has 0 amide bonds. The molecule has 2 aliphatic carbocycles. The Labute approximate surface area is 151 Å². The zero-order valence-corrected chi connectivity index (χ0v) is 16.0. The maximum absolute atomic E-state index is 10.6. The zero-order chi connectivity index (χ0) is 17.8. The normalized spacial score (nSPS) is 34.6. The summed E-state index contributed by atoms with van der Waals surface area (Å²) in [5.41, 5.74) is 4.33. The molecule has 1 fully saturated rings. The van der Waals surface area contributed by atoms with Gasteiger partial charge in [0.15, 0.2) is 0 Å². The van der Waals surface area contributed by atoms with Crippen LogP contribution in [0.2, 0.25) is 0 Å². The first-order valence-electron chi connectivity index (χ1n) is 9.77. The first kappa shape index (κ1) is 16.9. The number of nitrogens with one attached hydrogen (secondary N) is 1. The van der Waals surface area contributed by atoms with Crippen LogP contribution in [0.15, 0.2) is 42.1 Å². The summed E-state index contributed by atoms with van der Waals surface area (Å²) < 4.78 is 0. The van der Waals surface area contributed by atoms with Gasteiger partial charge in [-0.05, 0) is 54.6 Å². The van der Waals surface area contributed by atoms with Gasteiger partial charge < -0.3 is 10.1 Å². The van der Waals surface area contributed by atoms with Gasteiger partial charge in [-0.3, -0.25) is 0 Å². The summed E-state index contributed by atoms with van der Waals surface area (Å²) in [4.78, 5) is 3.45. The summed E-state index contributed by atoms with van der Waals surface area (Å²) in [6, 6.07) is 8.64. The van der Waals surface area contributed by atoms with Gasteiger partial charge >= 0.3 is 0 Å². The van der Waals surface area contributed by atoms with Crippen molar-refractivity contribution in [1.29, 1.82) is 0 Å². The molecule has 1 aromatic carbocycles. The Morgan fingerprint density at radius 1 is 1.16 bits per heavy atom. The van der Waals surface area contributed by atoms with Crippen molar-refractivity contribution in [3.63, 3.8) is 0 Å². The van der Waals surface area contributed by atoms with Crippen LogP contribution in [-0.4, -0.2) is 16.2 Å². The molecule has 0 saturated heterocycles. The van der Waals surface area contributed by atoms with E-state index in [9.17, 15) is 5.11 Å². The van der Waals surface area contributed by atoms with Crippen molar-refractivity contribution in [2.75, 3.05) is 0 Å². The van der Waals surface area contributed by atoms with Crippen LogP contribution < -0.4 is 0 Å². The predicted octanol–water partition coefficient (Wildman–Crippen LogP) is 5.48. The molecule has 0 bridgehead atoms. The number of allylic oxidation sites excluding steroid dienone is 1. The van der Waals surface area contributed by atoms with E-state index in [1.807, 2.05) is 0 Å². The number of rotatable bonds is 2. The van der Waals surface area contributed by atoms with Gasteiger partial charge in [0, 0.05) is 22.5 Å². The van der Waals surface area contributed by atoms with Crippen molar-refractivity contribution in [3.8, 4) is 0 Å². The van der Waals surface area contributed by atoms with Gasteiger partial charge in [-0.2, -0.15) is 0 Å². The Morgan fingerprint density at radius 2 is 1.92 bits per heavy atom. The minimum absolute atomic E-state index is 0.0927. The van der Waals surface area contributed by atoms with Gasteiger partial charge in [0.1, 0.15) is 0 Å². The van der Waals surface area contributed by atoms with E-state index in [-0.39, 0.29) is 16.9 Å². The van der Waals surface area contributed by atoms with Crippen LogP contribution >= 0.6 is 0 Å². The second-order valence-electron chi connectivity index (χ2n) is 9.21. The smallest absolute Gasteiger partial charge is 0.0628 e. The van der Waals surface area contributed by atoms with Gasteiger partial charge in [0.2, 0.25) is 0 Å². The third kappa shape index (κ3) is 2.49. The minimum atomic E-state index is -0.208. The molecule has 2 aromatic rings. The fourth-order valence-electron chi connectivity index (χ4n) is 5.47. The number of fused-ring (bicyclic) bond motifs is 2.